The normalized spacial score (nSPS) is 18.4. The SMILES string of the molecule is O=C1Cc2c(F)cccc2C(c2ccccc2)=N[C@H]1Nc1nnc(-c2nc(C3CC3)sc2-c2cnc(C3CC3)nc2)o1. The van der Waals surface area contributed by atoms with Gasteiger partial charge in [-0.15, -0.1) is 16.4 Å². The number of aliphatic imine (C=N–C) groups is 1. The molecule has 42 heavy (non-hydrogen) atoms. The Bertz CT molecular complexity index is 1840. The number of rotatable bonds is 7. The van der Waals surface area contributed by atoms with Crippen molar-refractivity contribution in [2.75, 3.05) is 5.32 Å². The molecule has 5 aromatic rings. The number of benzene rings is 2. The van der Waals surface area contributed by atoms with Crippen LogP contribution >= 0.6 is 11.3 Å². The van der Waals surface area contributed by atoms with Gasteiger partial charge in [-0.1, -0.05) is 47.6 Å². The van der Waals surface area contributed by atoms with Gasteiger partial charge in [0, 0.05) is 52.9 Å². The maximum absolute atomic E-state index is 14.9. The molecular formula is C31H24FN7O2S. The van der Waals surface area contributed by atoms with Gasteiger partial charge in [0.2, 0.25) is 0 Å². The van der Waals surface area contributed by atoms with Crippen LogP contribution in [0.2, 0.25) is 0 Å². The van der Waals surface area contributed by atoms with Gasteiger partial charge in [0.05, 0.1) is 15.6 Å². The van der Waals surface area contributed by atoms with Crippen LogP contribution in [0.5, 0.6) is 0 Å². The number of ketones is 1. The summed E-state index contributed by atoms with van der Waals surface area (Å²) in [6.07, 6.45) is 6.98. The highest BCUT2D eigenvalue weighted by atomic mass is 32.1. The Kier molecular flexibility index (Phi) is 5.99. The van der Waals surface area contributed by atoms with Gasteiger partial charge >= 0.3 is 6.01 Å². The van der Waals surface area contributed by atoms with E-state index >= 15 is 0 Å². The highest BCUT2D eigenvalue weighted by Crippen LogP contribution is 2.47. The molecule has 208 valence electrons. The van der Waals surface area contributed by atoms with Gasteiger partial charge in [0.15, 0.2) is 11.9 Å². The lowest BCUT2D eigenvalue weighted by Crippen LogP contribution is -2.29. The Morgan fingerprint density at radius 1 is 0.905 bits per heavy atom. The van der Waals surface area contributed by atoms with Gasteiger partial charge < -0.3 is 9.73 Å². The fourth-order valence-corrected chi connectivity index (χ4v) is 6.33. The first-order valence-corrected chi connectivity index (χ1v) is 14.8. The molecule has 0 amide bonds. The Hall–Kier alpha value is -4.64. The molecule has 2 aromatic carbocycles. The van der Waals surface area contributed by atoms with E-state index in [4.69, 9.17) is 14.4 Å². The topological polar surface area (TPSA) is 119 Å². The summed E-state index contributed by atoms with van der Waals surface area (Å²) in [4.78, 5) is 33.0. The van der Waals surface area contributed by atoms with E-state index in [1.54, 1.807) is 23.5 Å². The van der Waals surface area contributed by atoms with Crippen molar-refractivity contribution in [2.24, 2.45) is 4.99 Å². The van der Waals surface area contributed by atoms with Gasteiger partial charge in [-0.2, -0.15) is 0 Å². The predicted molar refractivity (Wildman–Crippen MR) is 155 cm³/mol. The quantitative estimate of drug-likeness (QED) is 0.252. The highest BCUT2D eigenvalue weighted by molar-refractivity contribution is 7.15. The smallest absolute Gasteiger partial charge is 0.317 e. The molecule has 1 aliphatic heterocycles. The van der Waals surface area contributed by atoms with Crippen molar-refractivity contribution >= 4 is 28.8 Å². The Morgan fingerprint density at radius 2 is 1.69 bits per heavy atom. The van der Waals surface area contributed by atoms with Crippen molar-refractivity contribution in [1.82, 2.24) is 25.1 Å². The van der Waals surface area contributed by atoms with Crippen molar-refractivity contribution in [3.05, 3.63) is 94.3 Å². The largest absolute Gasteiger partial charge is 0.402 e. The number of nitrogens with zero attached hydrogens (tertiary/aromatic N) is 6. The first kappa shape index (κ1) is 25.1. The minimum Gasteiger partial charge on any atom is -0.402 e. The van der Waals surface area contributed by atoms with Gasteiger partial charge in [-0.05, 0) is 31.7 Å². The molecule has 1 N–H and O–H groups in total. The zero-order valence-electron chi connectivity index (χ0n) is 22.3. The number of carbonyl (C=O) groups is 1. The fourth-order valence-electron chi connectivity index (χ4n) is 5.12. The van der Waals surface area contributed by atoms with E-state index in [2.05, 4.69) is 25.5 Å². The number of anilines is 1. The van der Waals surface area contributed by atoms with E-state index in [1.165, 1.54) is 6.07 Å². The maximum Gasteiger partial charge on any atom is 0.317 e. The first-order valence-electron chi connectivity index (χ1n) is 14.0. The van der Waals surface area contributed by atoms with Crippen LogP contribution in [0.4, 0.5) is 10.4 Å². The van der Waals surface area contributed by atoms with E-state index in [0.717, 1.165) is 52.5 Å². The van der Waals surface area contributed by atoms with Crippen molar-refractivity contribution in [2.45, 2.75) is 50.1 Å². The van der Waals surface area contributed by atoms with Crippen LogP contribution < -0.4 is 5.32 Å². The molecule has 11 heteroatoms. The van der Waals surface area contributed by atoms with Crippen LogP contribution in [-0.4, -0.2) is 42.8 Å². The molecular weight excluding hydrogens is 553 g/mol. The molecule has 4 heterocycles. The van der Waals surface area contributed by atoms with E-state index in [9.17, 15) is 9.18 Å². The summed E-state index contributed by atoms with van der Waals surface area (Å²) in [6, 6.07) is 14.2. The standard InChI is InChI=1S/C31H24FN7O2S/c32-22-8-4-7-20-21(22)13-23(40)28(35-24(20)16-5-2-1-3-6-16)37-31-39-38-29(41-31)25-26(42-30(36-25)18-11-12-18)19-14-33-27(34-15-19)17-9-10-17/h1-8,14-15,17-18,28H,9-13H2,(H,37,39)/t28-/m0/s1. The molecule has 1 atom stereocenters. The van der Waals surface area contributed by atoms with Crippen molar-refractivity contribution in [3.63, 3.8) is 0 Å². The third kappa shape index (κ3) is 4.69. The van der Waals surface area contributed by atoms with E-state index < -0.39 is 12.0 Å². The van der Waals surface area contributed by atoms with Crippen molar-refractivity contribution < 1.29 is 13.6 Å². The van der Waals surface area contributed by atoms with E-state index in [0.29, 0.717) is 34.4 Å². The fraction of sp³-hybridized carbons (Fsp3) is 0.258. The molecule has 3 aromatic heterocycles. The number of hydrogen-bond donors (Lipinski definition) is 1. The highest BCUT2D eigenvalue weighted by Gasteiger charge is 2.32. The molecule has 2 aliphatic carbocycles. The first-order chi connectivity index (χ1) is 20.6. The van der Waals surface area contributed by atoms with Crippen molar-refractivity contribution in [1.29, 1.82) is 0 Å². The lowest BCUT2D eigenvalue weighted by molar-refractivity contribution is -0.119. The van der Waals surface area contributed by atoms with Crippen molar-refractivity contribution in [3.8, 4) is 22.0 Å². The van der Waals surface area contributed by atoms with Gasteiger partial charge in [-0.3, -0.25) is 9.79 Å². The number of halogens is 1. The molecule has 0 radical (unpaired) electrons. The number of carbonyl (C=O) groups excluding carboxylic acids is 1. The third-order valence-corrected chi connectivity index (χ3v) is 8.94. The van der Waals surface area contributed by atoms with E-state index in [-0.39, 0.29) is 24.1 Å². The van der Waals surface area contributed by atoms with Gasteiger partial charge in [0.1, 0.15) is 17.3 Å². The number of nitrogens with one attached hydrogen (secondary N) is 1. The Morgan fingerprint density at radius 3 is 2.45 bits per heavy atom. The summed E-state index contributed by atoms with van der Waals surface area (Å²) < 4.78 is 20.9. The van der Waals surface area contributed by atoms with Crippen LogP contribution in [0.15, 0.2) is 70.3 Å². The molecule has 8 rings (SSSR count). The molecule has 2 saturated carbocycles. The zero-order chi connectivity index (χ0) is 28.2. The maximum atomic E-state index is 14.9. The summed E-state index contributed by atoms with van der Waals surface area (Å²) in [5.41, 5.74) is 3.60. The van der Waals surface area contributed by atoms with Crippen LogP contribution in [-0.2, 0) is 11.2 Å². The Labute approximate surface area is 244 Å². The summed E-state index contributed by atoms with van der Waals surface area (Å²) in [6.45, 7) is 0. The average Bonchev–Trinajstić information content (AvgIpc) is 3.95. The minimum atomic E-state index is -1.05. The Balaban J connectivity index is 1.13. The third-order valence-electron chi connectivity index (χ3n) is 7.67. The second-order valence-corrected chi connectivity index (χ2v) is 11.9. The number of aromatic nitrogens is 5. The summed E-state index contributed by atoms with van der Waals surface area (Å²) >= 11 is 1.60. The molecule has 0 bridgehead atoms. The molecule has 9 nitrogen and oxygen atoms in total. The summed E-state index contributed by atoms with van der Waals surface area (Å²) in [5, 5.41) is 12.5. The number of Topliss-reactive ketones (excluding diaryl/α,β-unsaturated/α-hetero) is 1. The van der Waals surface area contributed by atoms with Gasteiger partial charge in [0.25, 0.3) is 5.89 Å². The number of thiazole rings is 1. The lowest BCUT2D eigenvalue weighted by atomic mass is 9.95. The van der Waals surface area contributed by atoms with Crippen LogP contribution in [0.3, 0.4) is 0 Å². The number of fused-ring (bicyclic) bond motifs is 1. The predicted octanol–water partition coefficient (Wildman–Crippen LogP) is 5.94. The molecule has 0 saturated heterocycles. The second kappa shape index (κ2) is 10.0. The molecule has 0 spiro atoms. The molecule has 3 aliphatic rings. The van der Waals surface area contributed by atoms with Crippen LogP contribution in [0, 0.1) is 5.82 Å². The van der Waals surface area contributed by atoms with Crippen LogP contribution in [0.25, 0.3) is 22.0 Å². The molecule has 0 unspecified atom stereocenters. The van der Waals surface area contributed by atoms with Crippen LogP contribution in [0.1, 0.15) is 65.0 Å². The second-order valence-electron chi connectivity index (χ2n) is 10.8. The summed E-state index contributed by atoms with van der Waals surface area (Å²) in [7, 11) is 0. The lowest BCUT2D eigenvalue weighted by Gasteiger charge is -2.11. The summed E-state index contributed by atoms with van der Waals surface area (Å²) in [5.74, 6) is 1.25. The average molecular weight is 578 g/mol. The zero-order valence-corrected chi connectivity index (χ0v) is 23.1. The monoisotopic (exact) mass is 577 g/mol. The van der Waals surface area contributed by atoms with E-state index in [1.807, 2.05) is 42.7 Å². The molecule has 2 fully saturated rings. The number of hydrogen-bond acceptors (Lipinski definition) is 10. The minimum absolute atomic E-state index is 0.0261. The van der Waals surface area contributed by atoms with Gasteiger partial charge in [-0.25, -0.2) is 19.3 Å².